The van der Waals surface area contributed by atoms with Gasteiger partial charge in [-0.1, -0.05) is 0 Å². The quantitative estimate of drug-likeness (QED) is 0.528. The summed E-state index contributed by atoms with van der Waals surface area (Å²) < 4.78 is 12.4. The molecule has 3 aromatic heterocycles. The maximum Gasteiger partial charge on any atom is 0.229 e. The summed E-state index contributed by atoms with van der Waals surface area (Å²) in [5.41, 5.74) is 5.33. The number of nitrogens with one attached hydrogen (secondary N) is 1. The molecule has 29 heavy (non-hydrogen) atoms. The maximum atomic E-state index is 10.5. The second kappa shape index (κ2) is 6.64. The molecule has 2 atom stereocenters. The third-order valence-corrected chi connectivity index (χ3v) is 7.70. The van der Waals surface area contributed by atoms with E-state index in [0.29, 0.717) is 5.95 Å². The van der Waals surface area contributed by atoms with E-state index in [1.54, 1.807) is 12.4 Å². The van der Waals surface area contributed by atoms with Crippen molar-refractivity contribution in [1.29, 1.82) is 0 Å². The van der Waals surface area contributed by atoms with E-state index in [1.807, 2.05) is 43.1 Å². The lowest BCUT2D eigenvalue weighted by atomic mass is 10.1. The van der Waals surface area contributed by atoms with Gasteiger partial charge in [-0.3, -0.25) is 9.97 Å². The smallest absolute Gasteiger partial charge is 0.229 e. The highest BCUT2D eigenvalue weighted by molar-refractivity contribution is 8.28. The van der Waals surface area contributed by atoms with Crippen LogP contribution in [0.15, 0.2) is 30.7 Å². The van der Waals surface area contributed by atoms with Gasteiger partial charge in [0.15, 0.2) is 5.65 Å². The molecule has 0 saturated carbocycles. The normalized spacial score (nSPS) is 24.1. The van der Waals surface area contributed by atoms with Gasteiger partial charge in [-0.25, -0.2) is 9.67 Å². The Kier molecular flexibility index (Phi) is 4.18. The average molecular weight is 410 g/mol. The molecule has 0 radical (unpaired) electrons. The summed E-state index contributed by atoms with van der Waals surface area (Å²) in [6.45, 7) is 3.99. The molecule has 0 bridgehead atoms. The van der Waals surface area contributed by atoms with Crippen LogP contribution < -0.4 is 5.32 Å². The zero-order valence-corrected chi connectivity index (χ0v) is 17.4. The molecule has 1 aromatic carbocycles. The maximum absolute atomic E-state index is 10.5. The molecule has 0 aliphatic carbocycles. The molecule has 1 saturated heterocycles. The molecule has 2 unspecified atom stereocenters. The van der Waals surface area contributed by atoms with Crippen LogP contribution in [0.3, 0.4) is 0 Å². The van der Waals surface area contributed by atoms with Crippen LogP contribution in [0.25, 0.3) is 22.1 Å². The van der Waals surface area contributed by atoms with E-state index in [9.17, 15) is 4.55 Å². The van der Waals surface area contributed by atoms with Crippen LogP contribution in [0.1, 0.15) is 23.7 Å². The number of aryl methyl sites for hydroxylation is 2. The van der Waals surface area contributed by atoms with Crippen LogP contribution in [0.4, 0.5) is 11.6 Å². The van der Waals surface area contributed by atoms with Crippen molar-refractivity contribution >= 4 is 44.0 Å². The second-order valence-electron chi connectivity index (χ2n) is 7.83. The van der Waals surface area contributed by atoms with Crippen molar-refractivity contribution in [2.75, 3.05) is 23.1 Å². The first-order valence-electron chi connectivity index (χ1n) is 9.56. The molecule has 0 amide bonds. The molecule has 1 fully saturated rings. The van der Waals surface area contributed by atoms with Crippen molar-refractivity contribution < 1.29 is 4.55 Å². The van der Waals surface area contributed by atoms with Crippen molar-refractivity contribution in [2.45, 2.75) is 26.3 Å². The molecule has 4 aromatic rings. The summed E-state index contributed by atoms with van der Waals surface area (Å²) in [5.74, 6) is 2.13. The van der Waals surface area contributed by atoms with Gasteiger partial charge in [0.05, 0.1) is 28.2 Å². The number of hydrogen-bond acceptors (Lipinski definition) is 7. The van der Waals surface area contributed by atoms with E-state index in [2.05, 4.69) is 20.3 Å². The lowest BCUT2D eigenvalue weighted by Crippen LogP contribution is -2.12. The minimum absolute atomic E-state index is 0.177. The van der Waals surface area contributed by atoms with Crippen LogP contribution in [-0.2, 0) is 0 Å². The molecule has 4 heterocycles. The van der Waals surface area contributed by atoms with Gasteiger partial charge in [-0.2, -0.15) is 10.1 Å². The highest BCUT2D eigenvalue weighted by Gasteiger charge is 2.32. The molecule has 2 N–H and O–H groups in total. The Bertz CT molecular complexity index is 1240. The van der Waals surface area contributed by atoms with Gasteiger partial charge < -0.3 is 9.87 Å². The Balaban J connectivity index is 1.53. The van der Waals surface area contributed by atoms with Crippen LogP contribution in [0, 0.1) is 13.8 Å². The standard InChI is InChI=1S/C20H23N7OS/c1-12-8-17-18(22-6-5-21-17)9-16(12)24-20-23-10-15-13(2)26-27(19(15)25-20)14-4-7-29(3,28)11-14/h5-6,8-10,14,28H,4,7,11H2,1-3H3,(H,23,24,25). The molecular weight excluding hydrogens is 386 g/mol. The Morgan fingerprint density at radius 2 is 1.90 bits per heavy atom. The number of fused-ring (bicyclic) bond motifs is 2. The van der Waals surface area contributed by atoms with E-state index >= 15 is 0 Å². The van der Waals surface area contributed by atoms with Gasteiger partial charge >= 0.3 is 0 Å². The van der Waals surface area contributed by atoms with E-state index in [4.69, 9.17) is 10.1 Å². The first-order valence-corrected chi connectivity index (χ1v) is 11.9. The van der Waals surface area contributed by atoms with E-state index in [-0.39, 0.29) is 6.04 Å². The first kappa shape index (κ1) is 18.3. The lowest BCUT2D eigenvalue weighted by molar-refractivity contribution is 0.509. The zero-order chi connectivity index (χ0) is 20.2. The predicted molar refractivity (Wildman–Crippen MR) is 117 cm³/mol. The number of nitrogens with zero attached hydrogens (tertiary/aromatic N) is 6. The summed E-state index contributed by atoms with van der Waals surface area (Å²) in [6.07, 6.45) is 8.09. The van der Waals surface area contributed by atoms with Crippen LogP contribution >= 0.6 is 10.3 Å². The summed E-state index contributed by atoms with van der Waals surface area (Å²) in [5, 5.41) is 8.98. The minimum Gasteiger partial charge on any atom is -0.352 e. The molecular formula is C20H23N7OS. The molecule has 0 spiro atoms. The number of hydrogen-bond donors (Lipinski definition) is 2. The Hall–Kier alpha value is -2.78. The Labute approximate surface area is 169 Å². The fourth-order valence-electron chi connectivity index (χ4n) is 3.91. The van der Waals surface area contributed by atoms with Crippen LogP contribution in [-0.4, -0.2) is 52.0 Å². The summed E-state index contributed by atoms with van der Waals surface area (Å²) >= 11 is 0. The summed E-state index contributed by atoms with van der Waals surface area (Å²) in [4.78, 5) is 18.0. The van der Waals surface area contributed by atoms with Crippen LogP contribution in [0.2, 0.25) is 0 Å². The summed E-state index contributed by atoms with van der Waals surface area (Å²) in [7, 11) is -1.52. The highest BCUT2D eigenvalue weighted by Crippen LogP contribution is 2.50. The first-order chi connectivity index (χ1) is 13.9. The van der Waals surface area contributed by atoms with Gasteiger partial charge in [0.2, 0.25) is 5.95 Å². The van der Waals surface area contributed by atoms with Crippen molar-refractivity contribution in [3.63, 3.8) is 0 Å². The van der Waals surface area contributed by atoms with Crippen molar-refractivity contribution in [3.8, 4) is 0 Å². The van der Waals surface area contributed by atoms with Gasteiger partial charge in [0.1, 0.15) is 0 Å². The predicted octanol–water partition coefficient (Wildman–Crippen LogP) is 3.98. The van der Waals surface area contributed by atoms with E-state index in [1.165, 1.54) is 0 Å². The van der Waals surface area contributed by atoms with Crippen molar-refractivity contribution in [3.05, 3.63) is 42.0 Å². The Morgan fingerprint density at radius 1 is 1.14 bits per heavy atom. The lowest BCUT2D eigenvalue weighted by Gasteiger charge is -2.22. The molecule has 1 aliphatic rings. The molecule has 1 aliphatic heterocycles. The average Bonchev–Trinajstić information content (AvgIpc) is 3.21. The number of aromatic nitrogens is 6. The molecule has 8 nitrogen and oxygen atoms in total. The largest absolute Gasteiger partial charge is 0.352 e. The van der Waals surface area contributed by atoms with Gasteiger partial charge in [0.25, 0.3) is 0 Å². The van der Waals surface area contributed by atoms with Crippen LogP contribution in [0.5, 0.6) is 0 Å². The SMILES string of the molecule is Cc1cc2nccnc2cc1Nc1ncc2c(C)nn(C3CCS(C)(O)C3)c2n1. The zero-order valence-electron chi connectivity index (χ0n) is 16.6. The summed E-state index contributed by atoms with van der Waals surface area (Å²) in [6, 6.07) is 4.14. The fourth-order valence-corrected chi connectivity index (χ4v) is 6.00. The topological polar surface area (TPSA) is 102 Å². The van der Waals surface area contributed by atoms with Gasteiger partial charge in [-0.15, -0.1) is 10.3 Å². The van der Waals surface area contributed by atoms with E-state index < -0.39 is 10.3 Å². The molecule has 5 rings (SSSR count). The Morgan fingerprint density at radius 3 is 2.62 bits per heavy atom. The third kappa shape index (κ3) is 3.30. The van der Waals surface area contributed by atoms with Gasteiger partial charge in [-0.05, 0) is 44.2 Å². The minimum atomic E-state index is -1.52. The highest BCUT2D eigenvalue weighted by atomic mass is 32.3. The van der Waals surface area contributed by atoms with Gasteiger partial charge in [0, 0.05) is 35.8 Å². The number of benzene rings is 1. The molecule has 9 heteroatoms. The third-order valence-electron chi connectivity index (χ3n) is 5.48. The molecule has 150 valence electrons. The number of rotatable bonds is 3. The monoisotopic (exact) mass is 409 g/mol. The van der Waals surface area contributed by atoms with Crippen molar-refractivity contribution in [2.24, 2.45) is 0 Å². The second-order valence-corrected chi connectivity index (χ2v) is 11.0. The van der Waals surface area contributed by atoms with Crippen molar-refractivity contribution in [1.82, 2.24) is 29.7 Å². The fraction of sp³-hybridized carbons (Fsp3) is 0.350. The number of anilines is 2. The van der Waals surface area contributed by atoms with E-state index in [0.717, 1.165) is 56.9 Å².